The molecule has 0 rings (SSSR count). The predicted octanol–water partition coefficient (Wildman–Crippen LogP) is 9.44. The zero-order chi connectivity index (χ0) is 36.3. The van der Waals surface area contributed by atoms with Gasteiger partial charge in [0.25, 0.3) is 0 Å². The molecule has 3 N–H and O–H groups in total. The highest BCUT2D eigenvalue weighted by atomic mass is 31.2. The molecule has 0 aromatic heterocycles. The van der Waals surface area contributed by atoms with Crippen LogP contribution >= 0.6 is 7.82 Å². The van der Waals surface area contributed by atoms with Gasteiger partial charge in [-0.3, -0.25) is 18.6 Å². The molecular weight excluding hydrogens is 647 g/mol. The van der Waals surface area contributed by atoms with E-state index in [-0.39, 0.29) is 19.4 Å². The summed E-state index contributed by atoms with van der Waals surface area (Å²) in [5.41, 5.74) is 0. The van der Waals surface area contributed by atoms with E-state index in [2.05, 4.69) is 42.7 Å². The van der Waals surface area contributed by atoms with Gasteiger partial charge in [0.05, 0.1) is 19.8 Å². The van der Waals surface area contributed by atoms with E-state index in [0.717, 1.165) is 77.0 Å². The van der Waals surface area contributed by atoms with Gasteiger partial charge in [0.15, 0.2) is 6.10 Å². The number of phosphoric ester groups is 1. The number of unbranched alkanes of at least 4 members (excludes halogenated alkanes) is 18. The third kappa shape index (κ3) is 34.7. The molecule has 0 aliphatic rings. The molecule has 49 heavy (non-hydrogen) atoms. The highest BCUT2D eigenvalue weighted by Gasteiger charge is 2.27. The van der Waals surface area contributed by atoms with Crippen molar-refractivity contribution in [3.8, 4) is 0 Å². The molecule has 0 aliphatic heterocycles. The minimum atomic E-state index is -4.61. The van der Waals surface area contributed by atoms with Gasteiger partial charge in [-0.25, -0.2) is 4.57 Å². The number of ether oxygens (including phenoxy) is 2. The second-order valence-electron chi connectivity index (χ2n) is 12.9. The zero-order valence-corrected chi connectivity index (χ0v) is 31.8. The molecule has 0 aliphatic carbocycles. The van der Waals surface area contributed by atoms with Gasteiger partial charge in [0.1, 0.15) is 12.7 Å². The van der Waals surface area contributed by atoms with E-state index in [9.17, 15) is 24.2 Å². The van der Waals surface area contributed by atoms with Gasteiger partial charge in [-0.15, -0.1) is 0 Å². The van der Waals surface area contributed by atoms with Crippen molar-refractivity contribution in [2.24, 2.45) is 0 Å². The van der Waals surface area contributed by atoms with Gasteiger partial charge < -0.3 is 24.6 Å². The molecule has 0 spiro atoms. The minimum absolute atomic E-state index is 0.174. The lowest BCUT2D eigenvalue weighted by molar-refractivity contribution is -0.161. The number of hydrogen-bond donors (Lipinski definition) is 3. The summed E-state index contributed by atoms with van der Waals surface area (Å²) in [6, 6.07) is 0. The maximum atomic E-state index is 12.5. The van der Waals surface area contributed by atoms with Gasteiger partial charge in [-0.05, 0) is 57.8 Å². The molecular formula is C38H71O10P. The summed E-state index contributed by atoms with van der Waals surface area (Å²) >= 11 is 0. The van der Waals surface area contributed by atoms with Gasteiger partial charge >= 0.3 is 19.8 Å². The van der Waals surface area contributed by atoms with Crippen molar-refractivity contribution in [2.45, 2.75) is 180 Å². The summed E-state index contributed by atoms with van der Waals surface area (Å²) < 4.78 is 32.5. The average Bonchev–Trinajstić information content (AvgIpc) is 3.09. The first kappa shape index (κ1) is 47.4. The number of rotatable bonds is 36. The van der Waals surface area contributed by atoms with Crippen LogP contribution < -0.4 is 0 Å². The number of carbonyl (C=O) groups excluding carboxylic acids is 2. The van der Waals surface area contributed by atoms with Crippen LogP contribution in [0.15, 0.2) is 24.3 Å². The molecule has 3 unspecified atom stereocenters. The van der Waals surface area contributed by atoms with E-state index in [1.807, 2.05) is 0 Å². The Morgan fingerprint density at radius 3 is 1.53 bits per heavy atom. The summed E-state index contributed by atoms with van der Waals surface area (Å²) in [6.45, 7) is 2.30. The molecule has 0 radical (unpaired) electrons. The molecule has 0 saturated carbocycles. The van der Waals surface area contributed by atoms with E-state index in [1.165, 1.54) is 51.4 Å². The molecule has 11 heteroatoms. The van der Waals surface area contributed by atoms with E-state index < -0.39 is 51.8 Å². The van der Waals surface area contributed by atoms with Gasteiger partial charge in [0, 0.05) is 12.8 Å². The summed E-state index contributed by atoms with van der Waals surface area (Å²) in [7, 11) is -4.61. The summed E-state index contributed by atoms with van der Waals surface area (Å²) in [5.74, 6) is -0.946. The van der Waals surface area contributed by atoms with Crippen LogP contribution in [0.5, 0.6) is 0 Å². The first-order chi connectivity index (χ1) is 23.7. The molecule has 0 saturated heterocycles. The van der Waals surface area contributed by atoms with Crippen LogP contribution in [0.1, 0.15) is 168 Å². The zero-order valence-electron chi connectivity index (χ0n) is 30.9. The lowest BCUT2D eigenvalue weighted by atomic mass is 10.1. The first-order valence-electron chi connectivity index (χ1n) is 19.3. The molecule has 0 aromatic rings. The number of hydrogen-bond acceptors (Lipinski definition) is 9. The van der Waals surface area contributed by atoms with Crippen LogP contribution in [-0.4, -0.2) is 65.7 Å². The van der Waals surface area contributed by atoms with Gasteiger partial charge in [-0.2, -0.15) is 0 Å². The van der Waals surface area contributed by atoms with Crippen LogP contribution in [0.2, 0.25) is 0 Å². The fraction of sp³-hybridized carbons (Fsp3) is 0.842. The number of allylic oxidation sites excluding steroid dienone is 4. The Morgan fingerprint density at radius 1 is 0.592 bits per heavy atom. The van der Waals surface area contributed by atoms with Crippen LogP contribution in [0.3, 0.4) is 0 Å². The lowest BCUT2D eigenvalue weighted by Gasteiger charge is -2.20. The molecule has 0 aromatic carbocycles. The average molecular weight is 719 g/mol. The Kier molecular flexibility index (Phi) is 33.8. The monoisotopic (exact) mass is 718 g/mol. The van der Waals surface area contributed by atoms with Crippen molar-refractivity contribution in [2.75, 3.05) is 26.4 Å². The quantitative estimate of drug-likeness (QED) is 0.0248. The van der Waals surface area contributed by atoms with Crippen molar-refractivity contribution in [1.82, 2.24) is 0 Å². The summed E-state index contributed by atoms with van der Waals surface area (Å²) in [6.07, 6.45) is 31.5. The van der Waals surface area contributed by atoms with Crippen LogP contribution in [-0.2, 0) is 32.7 Å². The normalized spacial score (nSPS) is 14.3. The SMILES string of the molecule is CCCC/C=C\CCCCCCCC(=O)OCC(COP(=O)(O)OCC(O)CO)OC(=O)CCCCCCC/C=C\CCCCCCCC. The van der Waals surface area contributed by atoms with Gasteiger partial charge in [0.2, 0.25) is 0 Å². The Bertz CT molecular complexity index is 879. The fourth-order valence-corrected chi connectivity index (χ4v) is 5.82. The first-order valence-corrected chi connectivity index (χ1v) is 20.8. The van der Waals surface area contributed by atoms with Crippen LogP contribution in [0.25, 0.3) is 0 Å². The second-order valence-corrected chi connectivity index (χ2v) is 14.4. The van der Waals surface area contributed by atoms with Crippen molar-refractivity contribution in [3.63, 3.8) is 0 Å². The fourth-order valence-electron chi connectivity index (χ4n) is 5.03. The number of aliphatic hydroxyl groups excluding tert-OH is 2. The number of carbonyl (C=O) groups is 2. The molecule has 3 atom stereocenters. The van der Waals surface area contributed by atoms with E-state index in [0.29, 0.717) is 12.8 Å². The molecule has 0 fully saturated rings. The second kappa shape index (κ2) is 34.9. The van der Waals surface area contributed by atoms with Crippen LogP contribution in [0, 0.1) is 0 Å². The molecule has 0 amide bonds. The Balaban J connectivity index is 4.38. The van der Waals surface area contributed by atoms with Crippen molar-refractivity contribution in [1.29, 1.82) is 0 Å². The summed E-state index contributed by atoms with van der Waals surface area (Å²) in [4.78, 5) is 34.8. The van der Waals surface area contributed by atoms with Crippen molar-refractivity contribution >= 4 is 19.8 Å². The highest BCUT2D eigenvalue weighted by Crippen LogP contribution is 2.43. The molecule has 10 nitrogen and oxygen atoms in total. The number of phosphoric acid groups is 1. The van der Waals surface area contributed by atoms with Crippen molar-refractivity contribution in [3.05, 3.63) is 24.3 Å². The Hall–Kier alpha value is -1.55. The van der Waals surface area contributed by atoms with Gasteiger partial charge in [-0.1, -0.05) is 122 Å². The van der Waals surface area contributed by atoms with Crippen LogP contribution in [0.4, 0.5) is 0 Å². The van der Waals surface area contributed by atoms with E-state index in [4.69, 9.17) is 19.1 Å². The maximum Gasteiger partial charge on any atom is 0.472 e. The molecule has 0 bridgehead atoms. The largest absolute Gasteiger partial charge is 0.472 e. The number of esters is 2. The highest BCUT2D eigenvalue weighted by molar-refractivity contribution is 7.47. The molecule has 0 heterocycles. The lowest BCUT2D eigenvalue weighted by Crippen LogP contribution is -2.29. The molecule has 288 valence electrons. The Labute approximate surface area is 298 Å². The standard InChI is InChI=1S/C38H71O10P/c1-3-5-7-9-11-13-15-16-17-18-20-22-24-26-28-30-38(42)48-36(34-47-49(43,44)46-32-35(40)31-39)33-45-37(41)29-27-25-23-21-19-14-12-10-8-6-4-2/h10,12,16-17,35-36,39-40H,3-9,11,13-15,18-34H2,1-2H3,(H,43,44)/b12-10-,17-16-. The Morgan fingerprint density at radius 2 is 1.02 bits per heavy atom. The topological polar surface area (TPSA) is 149 Å². The smallest absolute Gasteiger partial charge is 0.462 e. The maximum absolute atomic E-state index is 12.5. The third-order valence-corrected chi connectivity index (χ3v) is 9.03. The predicted molar refractivity (Wildman–Crippen MR) is 196 cm³/mol. The number of aliphatic hydroxyl groups is 2. The minimum Gasteiger partial charge on any atom is -0.462 e. The summed E-state index contributed by atoms with van der Waals surface area (Å²) in [5, 5.41) is 18.3. The van der Waals surface area contributed by atoms with Crippen molar-refractivity contribution < 1.29 is 47.8 Å². The van der Waals surface area contributed by atoms with E-state index in [1.54, 1.807) is 0 Å². The van der Waals surface area contributed by atoms with E-state index >= 15 is 0 Å². The third-order valence-electron chi connectivity index (χ3n) is 8.08.